The van der Waals surface area contributed by atoms with E-state index in [2.05, 4.69) is 10.3 Å². The second-order valence-corrected chi connectivity index (χ2v) is 5.09. The van der Waals surface area contributed by atoms with Gasteiger partial charge in [-0.1, -0.05) is 6.07 Å². The number of carbonyl (C=O) groups is 1. The van der Waals surface area contributed by atoms with Gasteiger partial charge in [0.1, 0.15) is 11.6 Å². The fraction of sp³-hybridized carbons (Fsp3) is 0.118. The number of anilines is 1. The van der Waals surface area contributed by atoms with Gasteiger partial charge in [0.2, 0.25) is 5.56 Å². The average molecular weight is 342 g/mol. The summed E-state index contributed by atoms with van der Waals surface area (Å²) in [6.07, 6.45) is -0.767. The number of benzene rings is 1. The highest BCUT2D eigenvalue weighted by atomic mass is 16.5. The molecule has 0 spiro atoms. The van der Waals surface area contributed by atoms with Gasteiger partial charge >= 0.3 is 6.09 Å². The smallest absolute Gasteiger partial charge is 0.412 e. The number of aromatic nitrogens is 1. The number of amides is 1. The van der Waals surface area contributed by atoms with Gasteiger partial charge in [-0.25, -0.2) is 4.79 Å². The SMILES string of the molecule is CCOC(=O)Nc1[nH]c(=O)ccc1-c1cc(=O)c2cccc(O)c2o1. The van der Waals surface area contributed by atoms with Crippen molar-refractivity contribution in [3.8, 4) is 17.1 Å². The molecule has 1 amide bonds. The Labute approximate surface area is 140 Å². The first-order valence-electron chi connectivity index (χ1n) is 7.43. The zero-order valence-corrected chi connectivity index (χ0v) is 13.2. The summed E-state index contributed by atoms with van der Waals surface area (Å²) in [6.45, 7) is 1.79. The van der Waals surface area contributed by atoms with Crippen LogP contribution in [0.4, 0.5) is 10.6 Å². The van der Waals surface area contributed by atoms with E-state index in [1.54, 1.807) is 6.92 Å². The van der Waals surface area contributed by atoms with Crippen LogP contribution in [0.5, 0.6) is 5.75 Å². The maximum Gasteiger partial charge on any atom is 0.412 e. The van der Waals surface area contributed by atoms with Crippen molar-refractivity contribution in [2.24, 2.45) is 0 Å². The minimum absolute atomic E-state index is 0.0123. The van der Waals surface area contributed by atoms with E-state index in [0.717, 1.165) is 0 Å². The monoisotopic (exact) mass is 342 g/mol. The molecule has 0 saturated carbocycles. The second kappa shape index (κ2) is 6.52. The van der Waals surface area contributed by atoms with E-state index in [0.29, 0.717) is 0 Å². The van der Waals surface area contributed by atoms with Crippen LogP contribution in [0.2, 0.25) is 0 Å². The Morgan fingerprint density at radius 1 is 1.28 bits per heavy atom. The summed E-state index contributed by atoms with van der Waals surface area (Å²) in [4.78, 5) is 37.9. The molecular weight excluding hydrogens is 328 g/mol. The van der Waals surface area contributed by atoms with Crippen molar-refractivity contribution >= 4 is 22.9 Å². The summed E-state index contributed by atoms with van der Waals surface area (Å²) in [7, 11) is 0. The zero-order chi connectivity index (χ0) is 18.0. The van der Waals surface area contributed by atoms with Gasteiger partial charge in [-0.2, -0.15) is 0 Å². The summed E-state index contributed by atoms with van der Waals surface area (Å²) in [6, 6.07) is 8.27. The first kappa shape index (κ1) is 16.3. The lowest BCUT2D eigenvalue weighted by molar-refractivity contribution is 0.168. The lowest BCUT2D eigenvalue weighted by Gasteiger charge is -2.10. The van der Waals surface area contributed by atoms with E-state index >= 15 is 0 Å². The molecule has 0 unspecified atom stereocenters. The second-order valence-electron chi connectivity index (χ2n) is 5.09. The van der Waals surface area contributed by atoms with Crippen molar-refractivity contribution in [2.75, 3.05) is 11.9 Å². The summed E-state index contributed by atoms with van der Waals surface area (Å²) >= 11 is 0. The molecule has 2 aromatic heterocycles. The number of hydrogen-bond donors (Lipinski definition) is 3. The van der Waals surface area contributed by atoms with Crippen LogP contribution >= 0.6 is 0 Å². The van der Waals surface area contributed by atoms with Crippen LogP contribution in [-0.4, -0.2) is 22.8 Å². The number of ether oxygens (including phenoxy) is 1. The molecule has 1 aromatic carbocycles. The number of hydrogen-bond acceptors (Lipinski definition) is 6. The van der Waals surface area contributed by atoms with Gasteiger partial charge in [-0.05, 0) is 25.1 Å². The molecule has 3 rings (SSSR count). The highest BCUT2D eigenvalue weighted by molar-refractivity contribution is 5.90. The topological polar surface area (TPSA) is 122 Å². The molecule has 3 aromatic rings. The molecule has 25 heavy (non-hydrogen) atoms. The van der Waals surface area contributed by atoms with Crippen molar-refractivity contribution in [3.05, 3.63) is 57.0 Å². The summed E-state index contributed by atoms with van der Waals surface area (Å²) < 4.78 is 10.4. The third kappa shape index (κ3) is 3.23. The van der Waals surface area contributed by atoms with Crippen LogP contribution < -0.4 is 16.3 Å². The van der Waals surface area contributed by atoms with Crippen LogP contribution in [-0.2, 0) is 4.74 Å². The standard InChI is InChI=1S/C17H14N2O6/c1-2-24-17(23)19-16-10(6-7-14(22)18-16)13-8-12(21)9-4-3-5-11(20)15(9)25-13/h3-8,20H,2H2,1H3,(H2,18,19,22,23). The number of carbonyl (C=O) groups excluding carboxylic acids is 1. The van der Waals surface area contributed by atoms with Gasteiger partial charge in [-0.15, -0.1) is 0 Å². The third-order valence-corrected chi connectivity index (χ3v) is 3.42. The maximum atomic E-state index is 12.3. The molecule has 0 aliphatic carbocycles. The molecule has 0 atom stereocenters. The van der Waals surface area contributed by atoms with E-state index in [1.807, 2.05) is 0 Å². The minimum atomic E-state index is -0.767. The average Bonchev–Trinajstić information content (AvgIpc) is 2.56. The van der Waals surface area contributed by atoms with Crippen LogP contribution in [0.15, 0.2) is 50.4 Å². The Bertz CT molecular complexity index is 1070. The number of H-pyrrole nitrogens is 1. The molecule has 0 aliphatic heterocycles. The lowest BCUT2D eigenvalue weighted by Crippen LogP contribution is -2.18. The summed E-state index contributed by atoms with van der Waals surface area (Å²) in [5, 5.41) is 12.5. The molecule has 2 heterocycles. The van der Waals surface area contributed by atoms with E-state index in [9.17, 15) is 19.5 Å². The molecule has 0 saturated heterocycles. The Morgan fingerprint density at radius 2 is 2.08 bits per heavy atom. The predicted molar refractivity (Wildman–Crippen MR) is 90.9 cm³/mol. The molecule has 0 fully saturated rings. The van der Waals surface area contributed by atoms with Crippen LogP contribution in [0.1, 0.15) is 6.92 Å². The Kier molecular flexibility index (Phi) is 4.25. The van der Waals surface area contributed by atoms with Crippen molar-refractivity contribution in [2.45, 2.75) is 6.92 Å². The maximum absolute atomic E-state index is 12.3. The van der Waals surface area contributed by atoms with Crippen molar-refractivity contribution < 1.29 is 19.1 Å². The van der Waals surface area contributed by atoms with Crippen LogP contribution in [0, 0.1) is 0 Å². The van der Waals surface area contributed by atoms with Crippen LogP contribution in [0.3, 0.4) is 0 Å². The molecule has 3 N–H and O–H groups in total. The van der Waals surface area contributed by atoms with Gasteiger partial charge < -0.3 is 19.2 Å². The molecule has 128 valence electrons. The zero-order valence-electron chi connectivity index (χ0n) is 13.2. The van der Waals surface area contributed by atoms with Crippen molar-refractivity contribution in [3.63, 3.8) is 0 Å². The van der Waals surface area contributed by atoms with Gasteiger partial charge in [0, 0.05) is 12.1 Å². The fourth-order valence-electron chi connectivity index (χ4n) is 2.34. The highest BCUT2D eigenvalue weighted by Crippen LogP contribution is 2.30. The predicted octanol–water partition coefficient (Wildman–Crippen LogP) is 2.42. The number of phenols is 1. The molecule has 8 heteroatoms. The van der Waals surface area contributed by atoms with Gasteiger partial charge in [0.25, 0.3) is 0 Å². The number of nitrogens with one attached hydrogen (secondary N) is 2. The molecule has 0 aliphatic rings. The summed E-state index contributed by atoms with van der Waals surface area (Å²) in [5.41, 5.74) is -0.560. The summed E-state index contributed by atoms with van der Waals surface area (Å²) in [5.74, 6) is -0.105. The Morgan fingerprint density at radius 3 is 2.84 bits per heavy atom. The fourth-order valence-corrected chi connectivity index (χ4v) is 2.34. The number of aromatic amines is 1. The van der Waals surface area contributed by atoms with E-state index in [4.69, 9.17) is 9.15 Å². The van der Waals surface area contributed by atoms with Crippen LogP contribution in [0.25, 0.3) is 22.3 Å². The molecule has 8 nitrogen and oxygen atoms in total. The van der Waals surface area contributed by atoms with E-state index in [1.165, 1.54) is 36.4 Å². The third-order valence-electron chi connectivity index (χ3n) is 3.42. The van der Waals surface area contributed by atoms with Gasteiger partial charge in [0.05, 0.1) is 17.6 Å². The molecule has 0 bridgehead atoms. The largest absolute Gasteiger partial charge is 0.504 e. The lowest BCUT2D eigenvalue weighted by atomic mass is 10.1. The first-order valence-corrected chi connectivity index (χ1v) is 7.43. The highest BCUT2D eigenvalue weighted by Gasteiger charge is 2.15. The first-order chi connectivity index (χ1) is 12.0. The Hall–Kier alpha value is -3.55. The number of phenolic OH excluding ortho intramolecular Hbond substituents is 1. The van der Waals surface area contributed by atoms with Gasteiger partial charge in [-0.3, -0.25) is 14.9 Å². The Balaban J connectivity index is 2.18. The van der Waals surface area contributed by atoms with E-state index in [-0.39, 0.29) is 45.9 Å². The molecule has 0 radical (unpaired) electrons. The minimum Gasteiger partial charge on any atom is -0.504 e. The number of aromatic hydroxyl groups is 1. The quantitative estimate of drug-likeness (QED) is 0.672. The normalized spacial score (nSPS) is 10.6. The van der Waals surface area contributed by atoms with Crippen molar-refractivity contribution in [1.82, 2.24) is 4.98 Å². The van der Waals surface area contributed by atoms with Gasteiger partial charge in [0.15, 0.2) is 16.8 Å². The number of fused-ring (bicyclic) bond motifs is 1. The molecular formula is C17H14N2O6. The number of para-hydroxylation sites is 1. The number of rotatable bonds is 3. The van der Waals surface area contributed by atoms with Crippen molar-refractivity contribution in [1.29, 1.82) is 0 Å². The van der Waals surface area contributed by atoms with E-state index < -0.39 is 11.7 Å². The number of pyridine rings is 1.